The van der Waals surface area contributed by atoms with Crippen LogP contribution in [0.3, 0.4) is 0 Å². The van der Waals surface area contributed by atoms with Crippen molar-refractivity contribution in [2.24, 2.45) is 0 Å². The summed E-state index contributed by atoms with van der Waals surface area (Å²) in [5.41, 5.74) is 5.63. The van der Waals surface area contributed by atoms with Crippen molar-refractivity contribution in [1.82, 2.24) is 10.3 Å². The first-order valence-corrected chi connectivity index (χ1v) is 8.54. The first-order valence-electron chi connectivity index (χ1n) is 7.74. The van der Waals surface area contributed by atoms with E-state index in [0.717, 1.165) is 6.54 Å². The molecule has 20 heavy (non-hydrogen) atoms. The second kappa shape index (κ2) is 5.90. The largest absolute Gasteiger partial charge is 0.358 e. The van der Waals surface area contributed by atoms with Gasteiger partial charge in [-0.3, -0.25) is 0 Å². The second-order valence-corrected chi connectivity index (χ2v) is 6.83. The molecule has 0 bridgehead atoms. The fourth-order valence-corrected chi connectivity index (χ4v) is 3.99. The zero-order chi connectivity index (χ0) is 14.1. The summed E-state index contributed by atoms with van der Waals surface area (Å²) in [5.74, 6) is 0. The van der Waals surface area contributed by atoms with Crippen LogP contribution in [0.1, 0.15) is 55.5 Å². The van der Waals surface area contributed by atoms with E-state index in [0.29, 0.717) is 6.04 Å². The molecule has 1 heterocycles. The molecule has 0 amide bonds. The van der Waals surface area contributed by atoms with Crippen molar-refractivity contribution >= 4 is 26.8 Å². The standard InChI is InChI=1S/C17H23BrN2/c1-3-8-19-14-6-4-5-7-15-16(14)13-10-12(18)9-11(2)17(13)20-15/h9-10,14,19-20H,3-8H2,1-2H3. The predicted molar refractivity (Wildman–Crippen MR) is 89.3 cm³/mol. The van der Waals surface area contributed by atoms with Crippen LogP contribution in [0.2, 0.25) is 0 Å². The normalized spacial score (nSPS) is 19.1. The van der Waals surface area contributed by atoms with Crippen molar-refractivity contribution in [2.75, 3.05) is 6.54 Å². The van der Waals surface area contributed by atoms with E-state index in [-0.39, 0.29) is 0 Å². The fraction of sp³-hybridized carbons (Fsp3) is 0.529. The Hall–Kier alpha value is -0.800. The van der Waals surface area contributed by atoms with Crippen LogP contribution in [0.15, 0.2) is 16.6 Å². The zero-order valence-corrected chi connectivity index (χ0v) is 13.9. The van der Waals surface area contributed by atoms with Gasteiger partial charge in [0.25, 0.3) is 0 Å². The van der Waals surface area contributed by atoms with Gasteiger partial charge in [-0.2, -0.15) is 0 Å². The maximum atomic E-state index is 3.75. The van der Waals surface area contributed by atoms with Crippen molar-refractivity contribution in [3.63, 3.8) is 0 Å². The van der Waals surface area contributed by atoms with Gasteiger partial charge >= 0.3 is 0 Å². The highest BCUT2D eigenvalue weighted by molar-refractivity contribution is 9.10. The van der Waals surface area contributed by atoms with E-state index in [9.17, 15) is 0 Å². The van der Waals surface area contributed by atoms with Crippen LogP contribution in [-0.2, 0) is 6.42 Å². The molecule has 1 unspecified atom stereocenters. The minimum absolute atomic E-state index is 0.509. The molecule has 3 heteroatoms. The van der Waals surface area contributed by atoms with Crippen LogP contribution in [0, 0.1) is 6.92 Å². The number of halogens is 1. The van der Waals surface area contributed by atoms with Gasteiger partial charge in [-0.1, -0.05) is 29.3 Å². The molecule has 0 radical (unpaired) electrons. The molecule has 1 aromatic heterocycles. The number of benzene rings is 1. The molecule has 0 aliphatic heterocycles. The number of aromatic amines is 1. The molecular formula is C17H23BrN2. The van der Waals surface area contributed by atoms with Crippen molar-refractivity contribution in [3.8, 4) is 0 Å². The molecule has 2 nitrogen and oxygen atoms in total. The van der Waals surface area contributed by atoms with Gasteiger partial charge in [-0.05, 0) is 62.4 Å². The summed E-state index contributed by atoms with van der Waals surface area (Å²) < 4.78 is 1.18. The molecule has 0 saturated carbocycles. The molecule has 0 fully saturated rings. The van der Waals surface area contributed by atoms with E-state index >= 15 is 0 Å². The topological polar surface area (TPSA) is 27.8 Å². The third-order valence-corrected chi connectivity index (χ3v) is 4.81. The number of hydrogen-bond acceptors (Lipinski definition) is 1. The number of nitrogens with one attached hydrogen (secondary N) is 2. The van der Waals surface area contributed by atoms with Crippen molar-refractivity contribution in [3.05, 3.63) is 33.4 Å². The SMILES string of the molecule is CCCNC1CCCCc2[nH]c3c(C)cc(Br)cc3c21. The lowest BCUT2D eigenvalue weighted by Crippen LogP contribution is -2.22. The van der Waals surface area contributed by atoms with Crippen LogP contribution in [0.5, 0.6) is 0 Å². The van der Waals surface area contributed by atoms with E-state index in [4.69, 9.17) is 0 Å². The van der Waals surface area contributed by atoms with E-state index in [1.807, 2.05) is 0 Å². The smallest absolute Gasteiger partial charge is 0.0490 e. The summed E-state index contributed by atoms with van der Waals surface area (Å²) in [6.07, 6.45) is 6.25. The van der Waals surface area contributed by atoms with E-state index in [2.05, 4.69) is 52.2 Å². The number of fused-ring (bicyclic) bond motifs is 3. The summed E-state index contributed by atoms with van der Waals surface area (Å²) >= 11 is 3.65. The number of aromatic nitrogens is 1. The Balaban J connectivity index is 2.14. The molecule has 1 aliphatic carbocycles. The highest BCUT2D eigenvalue weighted by Gasteiger charge is 2.23. The molecule has 1 aliphatic rings. The molecule has 2 N–H and O–H groups in total. The van der Waals surface area contributed by atoms with Crippen LogP contribution < -0.4 is 5.32 Å². The van der Waals surface area contributed by atoms with E-state index in [1.54, 1.807) is 0 Å². The molecule has 0 saturated heterocycles. The Morgan fingerprint density at radius 2 is 2.20 bits per heavy atom. The van der Waals surface area contributed by atoms with Crippen LogP contribution in [-0.4, -0.2) is 11.5 Å². The van der Waals surface area contributed by atoms with Crippen LogP contribution in [0.25, 0.3) is 10.9 Å². The number of hydrogen-bond donors (Lipinski definition) is 2. The van der Waals surface area contributed by atoms with Crippen molar-refractivity contribution < 1.29 is 0 Å². The number of rotatable bonds is 3. The molecule has 0 spiro atoms. The van der Waals surface area contributed by atoms with Crippen molar-refractivity contribution in [2.45, 2.75) is 52.0 Å². The maximum Gasteiger partial charge on any atom is 0.0490 e. The molecule has 1 aromatic carbocycles. The van der Waals surface area contributed by atoms with Gasteiger partial charge in [0, 0.05) is 27.1 Å². The highest BCUT2D eigenvalue weighted by Crippen LogP contribution is 2.37. The summed E-state index contributed by atoms with van der Waals surface area (Å²) in [7, 11) is 0. The Kier molecular flexibility index (Phi) is 4.18. The average Bonchev–Trinajstić information content (AvgIpc) is 2.65. The number of aryl methyl sites for hydroxylation is 2. The first kappa shape index (κ1) is 14.2. The Labute approximate surface area is 129 Å². The molecule has 1 atom stereocenters. The molecule has 3 rings (SSSR count). The van der Waals surface area contributed by atoms with Gasteiger partial charge in [-0.15, -0.1) is 0 Å². The van der Waals surface area contributed by atoms with Crippen molar-refractivity contribution in [1.29, 1.82) is 0 Å². The summed E-state index contributed by atoms with van der Waals surface area (Å²) in [5, 5.41) is 5.15. The monoisotopic (exact) mass is 334 g/mol. The third kappa shape index (κ3) is 2.53. The minimum atomic E-state index is 0.509. The fourth-order valence-electron chi connectivity index (χ4n) is 3.41. The van der Waals surface area contributed by atoms with Gasteiger partial charge in [0.2, 0.25) is 0 Å². The lowest BCUT2D eigenvalue weighted by molar-refractivity contribution is 0.492. The summed E-state index contributed by atoms with van der Waals surface area (Å²) in [6, 6.07) is 4.99. The van der Waals surface area contributed by atoms with Crippen LogP contribution in [0.4, 0.5) is 0 Å². The Morgan fingerprint density at radius 1 is 1.35 bits per heavy atom. The third-order valence-electron chi connectivity index (χ3n) is 4.35. The van der Waals surface area contributed by atoms with E-state index < -0.39 is 0 Å². The lowest BCUT2D eigenvalue weighted by Gasteiger charge is -2.17. The quantitative estimate of drug-likeness (QED) is 0.759. The van der Waals surface area contributed by atoms with E-state index in [1.165, 1.54) is 64.3 Å². The average molecular weight is 335 g/mol. The molecule has 2 aromatic rings. The minimum Gasteiger partial charge on any atom is -0.358 e. The Bertz CT molecular complexity index is 615. The zero-order valence-electron chi connectivity index (χ0n) is 12.4. The summed E-state index contributed by atoms with van der Waals surface area (Å²) in [4.78, 5) is 3.70. The van der Waals surface area contributed by atoms with Gasteiger partial charge in [0.15, 0.2) is 0 Å². The lowest BCUT2D eigenvalue weighted by atomic mass is 9.99. The van der Waals surface area contributed by atoms with Gasteiger partial charge in [0.1, 0.15) is 0 Å². The van der Waals surface area contributed by atoms with Gasteiger partial charge < -0.3 is 10.3 Å². The molecular weight excluding hydrogens is 312 g/mol. The van der Waals surface area contributed by atoms with Crippen LogP contribution >= 0.6 is 15.9 Å². The van der Waals surface area contributed by atoms with Gasteiger partial charge in [0.05, 0.1) is 0 Å². The number of H-pyrrole nitrogens is 1. The second-order valence-electron chi connectivity index (χ2n) is 5.91. The first-order chi connectivity index (χ1) is 9.70. The highest BCUT2D eigenvalue weighted by atomic mass is 79.9. The Morgan fingerprint density at radius 3 is 3.00 bits per heavy atom. The predicted octanol–water partition coefficient (Wildman–Crippen LogP) is 5.01. The summed E-state index contributed by atoms with van der Waals surface area (Å²) in [6.45, 7) is 5.53. The maximum absolute atomic E-state index is 3.75. The van der Waals surface area contributed by atoms with Gasteiger partial charge in [-0.25, -0.2) is 0 Å². The molecule has 108 valence electrons.